The molecule has 0 saturated carbocycles. The molecule has 1 saturated heterocycles. The first-order valence-corrected chi connectivity index (χ1v) is 8.22. The molecule has 0 spiro atoms. The number of nitrogens with one attached hydrogen (secondary N) is 1. The minimum atomic E-state index is -3.39. The molecular weight excluding hydrogens is 284 g/mol. The predicted molar refractivity (Wildman–Crippen MR) is 76.3 cm³/mol. The Morgan fingerprint density at radius 2 is 1.74 bits per heavy atom. The van der Waals surface area contributed by atoms with Crippen LogP contribution in [0.4, 0.5) is 0 Å². The van der Waals surface area contributed by atoms with E-state index in [0.717, 1.165) is 18.7 Å². The summed E-state index contributed by atoms with van der Waals surface area (Å²) in [4.78, 5) is 1.75. The number of quaternary nitrogens is 1. The van der Waals surface area contributed by atoms with Gasteiger partial charge in [0.15, 0.2) is 0 Å². The molecule has 1 aliphatic heterocycles. The molecule has 1 N–H and O–H groups in total. The molecular formula is C13H20ClN2O2S+. The van der Waals surface area contributed by atoms with Crippen molar-refractivity contribution >= 4 is 21.6 Å². The first kappa shape index (κ1) is 14.8. The number of likely N-dealkylation sites (N-methyl/N-ethyl adjacent to an activating group) is 1. The van der Waals surface area contributed by atoms with Gasteiger partial charge in [-0.15, -0.1) is 0 Å². The van der Waals surface area contributed by atoms with Crippen molar-refractivity contribution in [3.8, 4) is 0 Å². The Morgan fingerprint density at radius 3 is 2.32 bits per heavy atom. The fraction of sp³-hybridized carbons (Fsp3) is 0.538. The van der Waals surface area contributed by atoms with Gasteiger partial charge in [-0.3, -0.25) is 0 Å². The number of benzene rings is 1. The molecule has 6 heteroatoms. The Kier molecular flexibility index (Phi) is 4.20. The molecule has 19 heavy (non-hydrogen) atoms. The quantitative estimate of drug-likeness (QED) is 0.863. The lowest BCUT2D eigenvalue weighted by atomic mass is 10.2. The normalized spacial score (nSPS) is 18.7. The fourth-order valence-corrected chi connectivity index (χ4v) is 4.23. The third-order valence-corrected chi connectivity index (χ3v) is 6.10. The number of rotatable bonds is 2. The highest BCUT2D eigenvalue weighted by atomic mass is 35.5. The van der Waals surface area contributed by atoms with Crippen molar-refractivity contribution in [2.45, 2.75) is 18.7 Å². The zero-order chi connectivity index (χ0) is 14.2. The predicted octanol–water partition coefficient (Wildman–Crippen LogP) is 0.476. The van der Waals surface area contributed by atoms with Crippen molar-refractivity contribution in [2.75, 3.05) is 33.2 Å². The average Bonchev–Trinajstić information content (AvgIpc) is 2.34. The number of halogens is 1. The second-order valence-electron chi connectivity index (χ2n) is 5.23. The molecule has 2 rings (SSSR count). The van der Waals surface area contributed by atoms with E-state index in [9.17, 15) is 8.42 Å². The maximum atomic E-state index is 12.7. The zero-order valence-corrected chi connectivity index (χ0v) is 13.1. The molecule has 0 atom stereocenters. The highest BCUT2D eigenvalue weighted by Gasteiger charge is 2.30. The van der Waals surface area contributed by atoms with E-state index in [1.807, 2.05) is 6.92 Å². The molecule has 1 aromatic carbocycles. The van der Waals surface area contributed by atoms with Gasteiger partial charge >= 0.3 is 0 Å². The molecule has 1 aliphatic rings. The highest BCUT2D eigenvalue weighted by molar-refractivity contribution is 7.89. The lowest BCUT2D eigenvalue weighted by Crippen LogP contribution is -3.12. The van der Waals surface area contributed by atoms with Crippen molar-refractivity contribution < 1.29 is 13.3 Å². The molecule has 1 aromatic rings. The monoisotopic (exact) mass is 303 g/mol. The standard InChI is InChI=1S/C13H19ClN2O2S/c1-10-9-13(11(2)8-12(10)14)19(17,18)16-6-4-15(3)5-7-16/h8-9H,4-7H2,1-3H3/p+1. The summed E-state index contributed by atoms with van der Waals surface area (Å²) >= 11 is 6.03. The van der Waals surface area contributed by atoms with Gasteiger partial charge in [0.2, 0.25) is 10.0 Å². The molecule has 0 bridgehead atoms. The lowest BCUT2D eigenvalue weighted by Gasteiger charge is -2.29. The highest BCUT2D eigenvalue weighted by Crippen LogP contribution is 2.26. The van der Waals surface area contributed by atoms with Crippen LogP contribution in [0.5, 0.6) is 0 Å². The summed E-state index contributed by atoms with van der Waals surface area (Å²) in [6, 6.07) is 3.41. The summed E-state index contributed by atoms with van der Waals surface area (Å²) in [7, 11) is -1.31. The molecule has 0 aliphatic carbocycles. The van der Waals surface area contributed by atoms with E-state index in [4.69, 9.17) is 11.6 Å². The van der Waals surface area contributed by atoms with E-state index < -0.39 is 10.0 Å². The van der Waals surface area contributed by atoms with Crippen LogP contribution in [-0.4, -0.2) is 45.9 Å². The number of aryl methyl sites for hydroxylation is 2. The van der Waals surface area contributed by atoms with Crippen LogP contribution in [0.2, 0.25) is 5.02 Å². The summed E-state index contributed by atoms with van der Waals surface area (Å²) in [6.45, 7) is 6.48. The van der Waals surface area contributed by atoms with Crippen LogP contribution in [0.15, 0.2) is 17.0 Å². The van der Waals surface area contributed by atoms with Gasteiger partial charge in [0.1, 0.15) is 0 Å². The maximum absolute atomic E-state index is 12.7. The van der Waals surface area contributed by atoms with E-state index in [0.29, 0.717) is 28.6 Å². The van der Waals surface area contributed by atoms with Crippen LogP contribution in [0.3, 0.4) is 0 Å². The van der Waals surface area contributed by atoms with Gasteiger partial charge in [-0.05, 0) is 37.1 Å². The summed E-state index contributed by atoms with van der Waals surface area (Å²) in [5.41, 5.74) is 1.51. The second kappa shape index (κ2) is 5.40. The van der Waals surface area contributed by atoms with Crippen LogP contribution < -0.4 is 4.90 Å². The molecule has 106 valence electrons. The molecule has 1 fully saturated rings. The Hall–Kier alpha value is -0.620. The first-order valence-electron chi connectivity index (χ1n) is 6.40. The van der Waals surface area contributed by atoms with Crippen molar-refractivity contribution in [1.82, 2.24) is 4.31 Å². The van der Waals surface area contributed by atoms with Gasteiger partial charge in [0, 0.05) is 5.02 Å². The molecule has 0 amide bonds. The van der Waals surface area contributed by atoms with Crippen LogP contribution in [-0.2, 0) is 10.0 Å². The van der Waals surface area contributed by atoms with Gasteiger partial charge < -0.3 is 4.90 Å². The minimum Gasteiger partial charge on any atom is -0.335 e. The van der Waals surface area contributed by atoms with E-state index >= 15 is 0 Å². The van der Waals surface area contributed by atoms with E-state index in [-0.39, 0.29) is 0 Å². The van der Waals surface area contributed by atoms with Crippen molar-refractivity contribution in [2.24, 2.45) is 0 Å². The third kappa shape index (κ3) is 2.94. The first-order chi connectivity index (χ1) is 8.82. The van der Waals surface area contributed by atoms with E-state index in [1.54, 1.807) is 23.4 Å². The van der Waals surface area contributed by atoms with Crippen molar-refractivity contribution in [3.05, 3.63) is 28.3 Å². The lowest BCUT2D eigenvalue weighted by molar-refractivity contribution is -0.883. The maximum Gasteiger partial charge on any atom is 0.243 e. The summed E-state index contributed by atoms with van der Waals surface area (Å²) < 4.78 is 26.9. The van der Waals surface area contributed by atoms with Gasteiger partial charge in [-0.1, -0.05) is 11.6 Å². The summed E-state index contributed by atoms with van der Waals surface area (Å²) in [5.74, 6) is 0. The van der Waals surface area contributed by atoms with Crippen molar-refractivity contribution in [3.63, 3.8) is 0 Å². The molecule has 0 unspecified atom stereocenters. The van der Waals surface area contributed by atoms with Crippen molar-refractivity contribution in [1.29, 1.82) is 0 Å². The number of sulfonamides is 1. The number of hydrogen-bond acceptors (Lipinski definition) is 2. The molecule has 0 aromatic heterocycles. The Labute approximate surface area is 120 Å². The Balaban J connectivity index is 2.37. The molecule has 1 heterocycles. The third-order valence-electron chi connectivity index (χ3n) is 3.65. The number of hydrogen-bond donors (Lipinski definition) is 1. The smallest absolute Gasteiger partial charge is 0.243 e. The van der Waals surface area contributed by atoms with Crippen LogP contribution >= 0.6 is 11.6 Å². The van der Waals surface area contributed by atoms with Gasteiger partial charge in [-0.25, -0.2) is 8.42 Å². The molecule has 4 nitrogen and oxygen atoms in total. The van der Waals surface area contributed by atoms with E-state index in [2.05, 4.69) is 7.05 Å². The zero-order valence-electron chi connectivity index (χ0n) is 11.5. The van der Waals surface area contributed by atoms with Gasteiger partial charge in [0.05, 0.1) is 38.1 Å². The number of piperazine rings is 1. The van der Waals surface area contributed by atoms with Crippen LogP contribution in [0.1, 0.15) is 11.1 Å². The second-order valence-corrected chi connectivity index (χ2v) is 7.54. The van der Waals surface area contributed by atoms with Crippen LogP contribution in [0.25, 0.3) is 0 Å². The largest absolute Gasteiger partial charge is 0.335 e. The minimum absolute atomic E-state index is 0.383. The van der Waals surface area contributed by atoms with Gasteiger partial charge in [-0.2, -0.15) is 4.31 Å². The fourth-order valence-electron chi connectivity index (χ4n) is 2.28. The Morgan fingerprint density at radius 1 is 1.16 bits per heavy atom. The van der Waals surface area contributed by atoms with Gasteiger partial charge in [0.25, 0.3) is 0 Å². The Bertz CT molecular complexity index is 579. The SMILES string of the molecule is Cc1cc(S(=O)(=O)N2CC[NH+](C)CC2)c(C)cc1Cl. The van der Waals surface area contributed by atoms with E-state index in [1.165, 1.54) is 4.90 Å². The molecule has 0 radical (unpaired) electrons. The average molecular weight is 304 g/mol. The summed E-state index contributed by atoms with van der Waals surface area (Å²) in [6.07, 6.45) is 0. The topological polar surface area (TPSA) is 41.8 Å². The number of nitrogens with zero attached hydrogens (tertiary/aromatic N) is 1. The summed E-state index contributed by atoms with van der Waals surface area (Å²) in [5, 5.41) is 0.610. The van der Waals surface area contributed by atoms with Crippen LogP contribution in [0, 0.1) is 13.8 Å².